The first-order valence-corrected chi connectivity index (χ1v) is 3.64. The summed E-state index contributed by atoms with van der Waals surface area (Å²) in [6.07, 6.45) is 8.06. The number of hydrogen-bond acceptors (Lipinski definition) is 1. The van der Waals surface area contributed by atoms with E-state index in [2.05, 4.69) is 11.5 Å². The number of aromatic nitrogens is 1. The fourth-order valence-electron chi connectivity index (χ4n) is 0.905. The van der Waals surface area contributed by atoms with Crippen molar-refractivity contribution in [2.75, 3.05) is 0 Å². The zero-order chi connectivity index (χ0) is 8.10. The van der Waals surface area contributed by atoms with Crippen LogP contribution in [0.2, 0.25) is 0 Å². The van der Waals surface area contributed by atoms with Crippen LogP contribution in [0.4, 0.5) is 0 Å². The molecule has 0 bridgehead atoms. The predicted molar refractivity (Wildman–Crippen MR) is 45.2 cm³/mol. The number of aryl methyl sites for hydroxylation is 1. The molecule has 0 aliphatic carbocycles. The van der Waals surface area contributed by atoms with Crippen LogP contribution in [0.3, 0.4) is 0 Å². The summed E-state index contributed by atoms with van der Waals surface area (Å²) in [5.74, 6) is 0. The van der Waals surface area contributed by atoms with Crippen molar-refractivity contribution >= 4 is 12.4 Å². The molecule has 0 saturated carbocycles. The van der Waals surface area contributed by atoms with E-state index in [1.54, 1.807) is 6.08 Å². The van der Waals surface area contributed by atoms with Gasteiger partial charge in [0.05, 0.1) is 0 Å². The lowest BCUT2D eigenvalue weighted by Gasteiger charge is -1.91. The van der Waals surface area contributed by atoms with E-state index in [1.807, 2.05) is 18.5 Å². The summed E-state index contributed by atoms with van der Waals surface area (Å²) in [5.41, 5.74) is 1.07. The van der Waals surface area contributed by atoms with Gasteiger partial charge in [-0.3, -0.25) is 4.79 Å². The van der Waals surface area contributed by atoms with Gasteiger partial charge in [0.25, 0.3) is 0 Å². The van der Waals surface area contributed by atoms with Gasteiger partial charge in [0.2, 0.25) is 0 Å². The highest BCUT2D eigenvalue weighted by Crippen LogP contribution is 2.02. The Morgan fingerprint density at radius 1 is 1.64 bits per heavy atom. The SMILES string of the molecule is CCn1ccc(C=CC=O)c1. The summed E-state index contributed by atoms with van der Waals surface area (Å²) >= 11 is 0. The van der Waals surface area contributed by atoms with Crippen LogP contribution in [0.1, 0.15) is 12.5 Å². The molecule has 0 aromatic carbocycles. The number of nitrogens with zero attached hydrogens (tertiary/aromatic N) is 1. The second-order valence-corrected chi connectivity index (χ2v) is 2.27. The van der Waals surface area contributed by atoms with E-state index in [9.17, 15) is 4.79 Å². The quantitative estimate of drug-likeness (QED) is 0.473. The monoisotopic (exact) mass is 149 g/mol. The predicted octanol–water partition coefficient (Wildman–Crippen LogP) is 1.72. The summed E-state index contributed by atoms with van der Waals surface area (Å²) in [6, 6.07) is 1.98. The van der Waals surface area contributed by atoms with Crippen molar-refractivity contribution in [3.63, 3.8) is 0 Å². The second kappa shape index (κ2) is 3.76. The van der Waals surface area contributed by atoms with E-state index >= 15 is 0 Å². The van der Waals surface area contributed by atoms with Crippen LogP contribution in [0.5, 0.6) is 0 Å². The molecule has 0 spiro atoms. The van der Waals surface area contributed by atoms with Crippen LogP contribution in [-0.2, 0) is 11.3 Å². The summed E-state index contributed by atoms with van der Waals surface area (Å²) in [6.45, 7) is 3.04. The van der Waals surface area contributed by atoms with E-state index in [0.717, 1.165) is 18.4 Å². The lowest BCUT2D eigenvalue weighted by Crippen LogP contribution is -1.86. The minimum atomic E-state index is 0.781. The fourth-order valence-corrected chi connectivity index (χ4v) is 0.905. The minimum absolute atomic E-state index is 0.781. The van der Waals surface area contributed by atoms with Crippen LogP contribution in [0, 0.1) is 0 Å². The Labute approximate surface area is 66.1 Å². The number of rotatable bonds is 3. The third-order valence-corrected chi connectivity index (χ3v) is 1.51. The molecular weight excluding hydrogens is 138 g/mol. The highest BCUT2D eigenvalue weighted by atomic mass is 16.1. The minimum Gasteiger partial charge on any atom is -0.354 e. The maximum atomic E-state index is 9.96. The average Bonchev–Trinajstić information content (AvgIpc) is 2.48. The first-order chi connectivity index (χ1) is 5.36. The van der Waals surface area contributed by atoms with Gasteiger partial charge in [0.15, 0.2) is 0 Å². The van der Waals surface area contributed by atoms with Crippen molar-refractivity contribution in [3.05, 3.63) is 30.1 Å². The first-order valence-electron chi connectivity index (χ1n) is 3.64. The molecular formula is C9H11NO. The Morgan fingerprint density at radius 2 is 2.45 bits per heavy atom. The van der Waals surface area contributed by atoms with Crippen LogP contribution in [0.25, 0.3) is 6.08 Å². The average molecular weight is 149 g/mol. The molecule has 0 N–H and O–H groups in total. The molecule has 1 aromatic heterocycles. The lowest BCUT2D eigenvalue weighted by molar-refractivity contribution is -0.104. The summed E-state index contributed by atoms with van der Waals surface area (Å²) in [5, 5.41) is 0. The van der Waals surface area contributed by atoms with E-state index in [0.29, 0.717) is 0 Å². The topological polar surface area (TPSA) is 22.0 Å². The van der Waals surface area contributed by atoms with Crippen LogP contribution < -0.4 is 0 Å². The van der Waals surface area contributed by atoms with Crippen LogP contribution in [-0.4, -0.2) is 10.9 Å². The molecule has 0 saturated heterocycles. The smallest absolute Gasteiger partial charge is 0.142 e. The van der Waals surface area contributed by atoms with Gasteiger partial charge in [0.1, 0.15) is 6.29 Å². The molecule has 0 radical (unpaired) electrons. The molecule has 1 heterocycles. The highest BCUT2D eigenvalue weighted by Gasteiger charge is 1.88. The van der Waals surface area contributed by atoms with Crippen molar-refractivity contribution in [1.82, 2.24) is 4.57 Å². The largest absolute Gasteiger partial charge is 0.354 e. The van der Waals surface area contributed by atoms with Gasteiger partial charge in [-0.05, 0) is 24.6 Å². The number of aldehydes is 1. The van der Waals surface area contributed by atoms with Crippen LogP contribution >= 0.6 is 0 Å². The molecule has 2 nitrogen and oxygen atoms in total. The van der Waals surface area contributed by atoms with Crippen molar-refractivity contribution < 1.29 is 4.79 Å². The van der Waals surface area contributed by atoms with Crippen molar-refractivity contribution in [1.29, 1.82) is 0 Å². The molecule has 2 heteroatoms. The fraction of sp³-hybridized carbons (Fsp3) is 0.222. The Kier molecular flexibility index (Phi) is 2.66. The maximum absolute atomic E-state index is 9.96. The molecule has 1 aromatic rings. The van der Waals surface area contributed by atoms with Gasteiger partial charge >= 0.3 is 0 Å². The first kappa shape index (κ1) is 7.79. The third kappa shape index (κ3) is 2.08. The molecule has 0 aliphatic heterocycles. The maximum Gasteiger partial charge on any atom is 0.142 e. The molecule has 0 atom stereocenters. The Balaban J connectivity index is 2.72. The zero-order valence-corrected chi connectivity index (χ0v) is 6.53. The summed E-state index contributed by atoms with van der Waals surface area (Å²) < 4.78 is 2.06. The Morgan fingerprint density at radius 3 is 3.00 bits per heavy atom. The van der Waals surface area contributed by atoms with Crippen molar-refractivity contribution in [3.8, 4) is 0 Å². The molecule has 11 heavy (non-hydrogen) atoms. The third-order valence-electron chi connectivity index (χ3n) is 1.51. The zero-order valence-electron chi connectivity index (χ0n) is 6.53. The second-order valence-electron chi connectivity index (χ2n) is 2.27. The van der Waals surface area contributed by atoms with Gasteiger partial charge in [-0.2, -0.15) is 0 Å². The van der Waals surface area contributed by atoms with E-state index in [4.69, 9.17) is 0 Å². The standard InChI is InChI=1S/C9H11NO/c1-2-10-6-5-9(8-10)4-3-7-11/h3-8H,2H2,1H3. The van der Waals surface area contributed by atoms with Gasteiger partial charge in [0, 0.05) is 18.9 Å². The number of allylic oxidation sites excluding steroid dienone is 1. The van der Waals surface area contributed by atoms with Crippen molar-refractivity contribution in [2.45, 2.75) is 13.5 Å². The number of hydrogen-bond donors (Lipinski definition) is 0. The van der Waals surface area contributed by atoms with E-state index in [1.165, 1.54) is 6.08 Å². The van der Waals surface area contributed by atoms with Crippen LogP contribution in [0.15, 0.2) is 24.5 Å². The molecule has 58 valence electrons. The van der Waals surface area contributed by atoms with Gasteiger partial charge in [-0.15, -0.1) is 0 Å². The van der Waals surface area contributed by atoms with Gasteiger partial charge in [-0.1, -0.05) is 6.08 Å². The van der Waals surface area contributed by atoms with E-state index in [-0.39, 0.29) is 0 Å². The number of carbonyl (C=O) groups is 1. The molecule has 0 unspecified atom stereocenters. The van der Waals surface area contributed by atoms with Gasteiger partial charge in [-0.25, -0.2) is 0 Å². The van der Waals surface area contributed by atoms with Gasteiger partial charge < -0.3 is 4.57 Å². The molecule has 0 fully saturated rings. The highest BCUT2D eigenvalue weighted by molar-refractivity contribution is 5.73. The Bertz CT molecular complexity index is 260. The summed E-state index contributed by atoms with van der Waals surface area (Å²) in [7, 11) is 0. The van der Waals surface area contributed by atoms with Crippen molar-refractivity contribution in [2.24, 2.45) is 0 Å². The summed E-state index contributed by atoms with van der Waals surface area (Å²) in [4.78, 5) is 9.96. The number of carbonyl (C=O) groups excluding carboxylic acids is 1. The molecule has 1 rings (SSSR count). The Hall–Kier alpha value is -1.31. The molecule has 0 amide bonds. The lowest BCUT2D eigenvalue weighted by atomic mass is 10.3. The normalized spacial score (nSPS) is 10.6. The molecule has 0 aliphatic rings. The van der Waals surface area contributed by atoms with E-state index < -0.39 is 0 Å².